The highest BCUT2D eigenvalue weighted by molar-refractivity contribution is 5.18. The van der Waals surface area contributed by atoms with E-state index < -0.39 is 0 Å². The van der Waals surface area contributed by atoms with Crippen LogP contribution in [0.5, 0.6) is 0 Å². The summed E-state index contributed by atoms with van der Waals surface area (Å²) in [6.45, 7) is 1.84. The molecule has 0 radical (unpaired) electrons. The van der Waals surface area contributed by atoms with E-state index in [-0.39, 0.29) is 6.10 Å². The fourth-order valence-electron chi connectivity index (χ4n) is 3.11. The molecule has 1 unspecified atom stereocenters. The van der Waals surface area contributed by atoms with Gasteiger partial charge in [-0.2, -0.15) is 0 Å². The molecule has 2 fully saturated rings. The van der Waals surface area contributed by atoms with Crippen LogP contribution in [0.25, 0.3) is 0 Å². The highest BCUT2D eigenvalue weighted by Crippen LogP contribution is 2.33. The molecule has 1 aromatic carbocycles. The second kappa shape index (κ2) is 4.79. The molecule has 1 N–H and O–H groups in total. The standard InChI is InChI=1S/C15H21NO/c1-3-7-13(8-4-1)14-11-16-15(12-17-14)9-5-2-6-10-15/h1,3-4,7-8,14,16H,2,5-6,9-12H2. The normalized spacial score (nSPS) is 28.1. The van der Waals surface area contributed by atoms with Crippen molar-refractivity contribution in [3.8, 4) is 0 Å². The average Bonchev–Trinajstić information content (AvgIpc) is 2.42. The maximum Gasteiger partial charge on any atom is 0.0950 e. The van der Waals surface area contributed by atoms with E-state index in [1.807, 2.05) is 0 Å². The predicted molar refractivity (Wildman–Crippen MR) is 69.0 cm³/mol. The van der Waals surface area contributed by atoms with Gasteiger partial charge in [0, 0.05) is 12.1 Å². The summed E-state index contributed by atoms with van der Waals surface area (Å²) in [4.78, 5) is 0. The van der Waals surface area contributed by atoms with Gasteiger partial charge in [-0.3, -0.25) is 0 Å². The number of ether oxygens (including phenoxy) is 1. The fraction of sp³-hybridized carbons (Fsp3) is 0.600. The Morgan fingerprint density at radius 3 is 2.47 bits per heavy atom. The van der Waals surface area contributed by atoms with Crippen LogP contribution in [-0.4, -0.2) is 18.7 Å². The topological polar surface area (TPSA) is 21.3 Å². The minimum atomic E-state index is 0.240. The summed E-state index contributed by atoms with van der Waals surface area (Å²) in [6, 6.07) is 10.5. The number of hydrogen-bond donors (Lipinski definition) is 1. The number of nitrogens with one attached hydrogen (secondary N) is 1. The second-order valence-electron chi connectivity index (χ2n) is 5.43. The smallest absolute Gasteiger partial charge is 0.0950 e. The molecule has 17 heavy (non-hydrogen) atoms. The van der Waals surface area contributed by atoms with Crippen molar-refractivity contribution in [2.24, 2.45) is 0 Å². The van der Waals surface area contributed by atoms with Gasteiger partial charge in [-0.05, 0) is 18.4 Å². The molecule has 1 aliphatic heterocycles. The lowest BCUT2D eigenvalue weighted by molar-refractivity contribution is -0.0466. The quantitative estimate of drug-likeness (QED) is 0.802. The zero-order valence-corrected chi connectivity index (χ0v) is 10.3. The minimum Gasteiger partial charge on any atom is -0.370 e. The molecule has 3 rings (SSSR count). The summed E-state index contributed by atoms with van der Waals surface area (Å²) in [7, 11) is 0. The van der Waals surface area contributed by atoms with Gasteiger partial charge >= 0.3 is 0 Å². The van der Waals surface area contributed by atoms with E-state index >= 15 is 0 Å². The first-order valence-corrected chi connectivity index (χ1v) is 6.80. The van der Waals surface area contributed by atoms with E-state index in [1.165, 1.54) is 37.7 Å². The zero-order chi connectivity index (χ0) is 11.6. The van der Waals surface area contributed by atoms with Gasteiger partial charge in [-0.15, -0.1) is 0 Å². The predicted octanol–water partition coefficient (Wildman–Crippen LogP) is 3.05. The second-order valence-corrected chi connectivity index (χ2v) is 5.43. The lowest BCUT2D eigenvalue weighted by atomic mass is 9.81. The summed E-state index contributed by atoms with van der Waals surface area (Å²) in [5.74, 6) is 0. The third-order valence-electron chi connectivity index (χ3n) is 4.21. The van der Waals surface area contributed by atoms with E-state index in [9.17, 15) is 0 Å². The monoisotopic (exact) mass is 231 g/mol. The van der Waals surface area contributed by atoms with Crippen LogP contribution >= 0.6 is 0 Å². The molecule has 1 saturated heterocycles. The van der Waals surface area contributed by atoms with Crippen LogP contribution in [0.3, 0.4) is 0 Å². The van der Waals surface area contributed by atoms with Crippen molar-refractivity contribution in [1.29, 1.82) is 0 Å². The maximum absolute atomic E-state index is 6.09. The molecule has 0 amide bonds. The third-order valence-corrected chi connectivity index (χ3v) is 4.21. The summed E-state index contributed by atoms with van der Waals surface area (Å²) in [5, 5.41) is 3.76. The zero-order valence-electron chi connectivity index (χ0n) is 10.3. The van der Waals surface area contributed by atoms with E-state index in [0.717, 1.165) is 13.2 Å². The van der Waals surface area contributed by atoms with Gasteiger partial charge < -0.3 is 10.1 Å². The van der Waals surface area contributed by atoms with Gasteiger partial charge in [0.25, 0.3) is 0 Å². The highest BCUT2D eigenvalue weighted by Gasteiger charge is 2.36. The molecule has 0 bridgehead atoms. The molecule has 1 aliphatic carbocycles. The Bertz CT molecular complexity index is 346. The van der Waals surface area contributed by atoms with Crippen LogP contribution < -0.4 is 5.32 Å². The van der Waals surface area contributed by atoms with Gasteiger partial charge in [0.05, 0.1) is 12.7 Å². The first-order valence-electron chi connectivity index (χ1n) is 6.80. The summed E-state index contributed by atoms with van der Waals surface area (Å²) in [6.07, 6.45) is 6.91. The molecule has 2 aliphatic rings. The van der Waals surface area contributed by atoms with Gasteiger partial charge in [-0.25, -0.2) is 0 Å². The van der Waals surface area contributed by atoms with Crippen molar-refractivity contribution in [3.05, 3.63) is 35.9 Å². The van der Waals surface area contributed by atoms with Crippen molar-refractivity contribution in [2.45, 2.75) is 43.7 Å². The van der Waals surface area contributed by atoms with E-state index in [0.29, 0.717) is 5.54 Å². The molecule has 2 nitrogen and oxygen atoms in total. The highest BCUT2D eigenvalue weighted by atomic mass is 16.5. The summed E-state index contributed by atoms with van der Waals surface area (Å²) >= 11 is 0. The first kappa shape index (κ1) is 11.2. The van der Waals surface area contributed by atoms with E-state index in [1.54, 1.807) is 0 Å². The molecule has 1 atom stereocenters. The summed E-state index contributed by atoms with van der Waals surface area (Å²) < 4.78 is 6.09. The number of morpholine rings is 1. The van der Waals surface area contributed by atoms with Gasteiger partial charge in [0.15, 0.2) is 0 Å². The van der Waals surface area contributed by atoms with Crippen LogP contribution in [-0.2, 0) is 4.74 Å². The Labute approximate surface area is 103 Å². The summed E-state index contributed by atoms with van der Waals surface area (Å²) in [5.41, 5.74) is 1.59. The number of benzene rings is 1. The van der Waals surface area contributed by atoms with Crippen LogP contribution in [0, 0.1) is 0 Å². The number of rotatable bonds is 1. The lowest BCUT2D eigenvalue weighted by Gasteiger charge is -2.43. The van der Waals surface area contributed by atoms with Gasteiger partial charge in [0.2, 0.25) is 0 Å². The van der Waals surface area contributed by atoms with Crippen molar-refractivity contribution in [1.82, 2.24) is 5.32 Å². The molecule has 1 spiro atoms. The molecule has 1 aromatic rings. The molecule has 0 aromatic heterocycles. The fourth-order valence-corrected chi connectivity index (χ4v) is 3.11. The Kier molecular flexibility index (Phi) is 3.17. The van der Waals surface area contributed by atoms with Gasteiger partial charge in [0.1, 0.15) is 0 Å². The molecule has 2 heteroatoms. The lowest BCUT2D eigenvalue weighted by Crippen LogP contribution is -2.55. The van der Waals surface area contributed by atoms with Crippen molar-refractivity contribution in [2.75, 3.05) is 13.2 Å². The van der Waals surface area contributed by atoms with Gasteiger partial charge in [-0.1, -0.05) is 49.6 Å². The molecular formula is C15H21NO. The Morgan fingerprint density at radius 2 is 1.82 bits per heavy atom. The van der Waals surface area contributed by atoms with Crippen LogP contribution in [0.2, 0.25) is 0 Å². The van der Waals surface area contributed by atoms with Crippen molar-refractivity contribution >= 4 is 0 Å². The van der Waals surface area contributed by atoms with Crippen LogP contribution in [0.4, 0.5) is 0 Å². The maximum atomic E-state index is 6.09. The minimum absolute atomic E-state index is 0.240. The van der Waals surface area contributed by atoms with Crippen molar-refractivity contribution < 1.29 is 4.74 Å². The van der Waals surface area contributed by atoms with Crippen LogP contribution in [0.15, 0.2) is 30.3 Å². The Morgan fingerprint density at radius 1 is 1.06 bits per heavy atom. The van der Waals surface area contributed by atoms with Crippen LogP contribution in [0.1, 0.15) is 43.8 Å². The largest absolute Gasteiger partial charge is 0.370 e. The molecule has 1 saturated carbocycles. The van der Waals surface area contributed by atoms with Crippen molar-refractivity contribution in [3.63, 3.8) is 0 Å². The number of hydrogen-bond acceptors (Lipinski definition) is 2. The van der Waals surface area contributed by atoms with E-state index in [2.05, 4.69) is 35.6 Å². The molecular weight excluding hydrogens is 210 g/mol. The molecule has 1 heterocycles. The Balaban J connectivity index is 1.64. The average molecular weight is 231 g/mol. The molecule has 92 valence electrons. The van der Waals surface area contributed by atoms with E-state index in [4.69, 9.17) is 4.74 Å². The SMILES string of the molecule is c1ccc(C2CNC3(CCCCC3)CO2)cc1. The third kappa shape index (κ3) is 2.38. The Hall–Kier alpha value is -0.860. The first-order chi connectivity index (χ1) is 8.38.